The summed E-state index contributed by atoms with van der Waals surface area (Å²) in [6, 6.07) is 21.2. The summed E-state index contributed by atoms with van der Waals surface area (Å²) in [6.45, 7) is 3.58. The lowest BCUT2D eigenvalue weighted by molar-refractivity contribution is -0.169. The molecule has 2 aromatic carbocycles. The lowest BCUT2D eigenvalue weighted by Gasteiger charge is -2.63. The number of carbonyl (C=O) groups excluding carboxylic acids is 1. The van der Waals surface area contributed by atoms with Gasteiger partial charge in [0.1, 0.15) is 0 Å². The van der Waals surface area contributed by atoms with Crippen molar-refractivity contribution in [3.8, 4) is 0 Å². The molecule has 4 fully saturated rings. The van der Waals surface area contributed by atoms with E-state index in [0.29, 0.717) is 5.91 Å². The van der Waals surface area contributed by atoms with Crippen LogP contribution >= 0.6 is 0 Å². The minimum absolute atomic E-state index is 0.0709. The highest BCUT2D eigenvalue weighted by molar-refractivity contribution is 5.91. The Morgan fingerprint density at radius 1 is 0.783 bits per heavy atom. The van der Waals surface area contributed by atoms with Crippen LogP contribution < -0.4 is 0 Å². The Labute approximate surface area is 136 Å². The van der Waals surface area contributed by atoms with Crippen molar-refractivity contribution in [2.24, 2.45) is 0 Å². The van der Waals surface area contributed by atoms with Crippen LogP contribution in [0.4, 0.5) is 0 Å². The molecule has 3 atom stereocenters. The molecular formula is C20H20N2O. The van der Waals surface area contributed by atoms with Gasteiger partial charge in [0.15, 0.2) is 0 Å². The van der Waals surface area contributed by atoms with E-state index in [4.69, 9.17) is 0 Å². The summed E-state index contributed by atoms with van der Waals surface area (Å²) >= 11 is 0. The fourth-order valence-corrected chi connectivity index (χ4v) is 5.15. The lowest BCUT2D eigenvalue weighted by atomic mass is 9.57. The van der Waals surface area contributed by atoms with Crippen molar-refractivity contribution in [3.63, 3.8) is 0 Å². The molecule has 4 bridgehead atoms. The summed E-state index contributed by atoms with van der Waals surface area (Å²) in [6.07, 6.45) is 0.930. The van der Waals surface area contributed by atoms with Gasteiger partial charge in [0.2, 0.25) is 5.91 Å². The van der Waals surface area contributed by atoms with Crippen molar-refractivity contribution in [2.45, 2.75) is 17.3 Å². The molecule has 0 radical (unpaired) electrons. The van der Waals surface area contributed by atoms with Crippen LogP contribution in [0.5, 0.6) is 0 Å². The van der Waals surface area contributed by atoms with Gasteiger partial charge in [-0.15, -0.1) is 0 Å². The van der Waals surface area contributed by atoms with E-state index in [0.717, 1.165) is 32.7 Å². The van der Waals surface area contributed by atoms with Crippen LogP contribution in [0.3, 0.4) is 0 Å². The van der Waals surface area contributed by atoms with Gasteiger partial charge in [0.05, 0.1) is 12.1 Å². The molecule has 4 saturated heterocycles. The second-order valence-electron chi connectivity index (χ2n) is 7.40. The number of hydrogen-bond donors (Lipinski definition) is 0. The highest BCUT2D eigenvalue weighted by Crippen LogP contribution is 2.52. The summed E-state index contributed by atoms with van der Waals surface area (Å²) in [5, 5.41) is 0. The van der Waals surface area contributed by atoms with Crippen LogP contribution in [0.2, 0.25) is 0 Å². The van der Waals surface area contributed by atoms with Gasteiger partial charge in [-0.05, 0) is 17.5 Å². The van der Waals surface area contributed by atoms with Gasteiger partial charge in [-0.25, -0.2) is 0 Å². The molecule has 0 aromatic heterocycles. The second kappa shape index (κ2) is 4.45. The van der Waals surface area contributed by atoms with Crippen molar-refractivity contribution in [3.05, 3.63) is 71.8 Å². The molecule has 1 amide bonds. The molecule has 3 heteroatoms. The quantitative estimate of drug-likeness (QED) is 0.850. The highest BCUT2D eigenvalue weighted by Gasteiger charge is 2.62. The number of rotatable bonds is 2. The maximum Gasteiger partial charge on any atom is 0.235 e. The van der Waals surface area contributed by atoms with Gasteiger partial charge in [0.25, 0.3) is 0 Å². The Morgan fingerprint density at radius 3 is 2.13 bits per heavy atom. The smallest absolute Gasteiger partial charge is 0.235 e. The molecule has 3 nitrogen and oxygen atoms in total. The molecule has 0 saturated carbocycles. The summed E-state index contributed by atoms with van der Waals surface area (Å²) in [5.41, 5.74) is 2.26. The maximum atomic E-state index is 13.2. The molecule has 23 heavy (non-hydrogen) atoms. The van der Waals surface area contributed by atoms with Gasteiger partial charge >= 0.3 is 0 Å². The molecule has 3 unspecified atom stereocenters. The topological polar surface area (TPSA) is 23.6 Å². The number of amides is 1. The predicted molar refractivity (Wildman–Crippen MR) is 89.0 cm³/mol. The highest BCUT2D eigenvalue weighted by atomic mass is 16.2. The number of benzene rings is 2. The number of piperidine rings is 2. The van der Waals surface area contributed by atoms with Gasteiger partial charge < -0.3 is 4.90 Å². The molecule has 4 aliphatic rings. The van der Waals surface area contributed by atoms with Gasteiger partial charge in [0, 0.05) is 25.0 Å². The summed E-state index contributed by atoms with van der Waals surface area (Å²) < 4.78 is 0. The Morgan fingerprint density at radius 2 is 1.43 bits per heavy atom. The fourth-order valence-electron chi connectivity index (χ4n) is 5.15. The van der Waals surface area contributed by atoms with Gasteiger partial charge in [-0.3, -0.25) is 9.69 Å². The third kappa shape index (κ3) is 1.71. The predicted octanol–water partition coefficient (Wildman–Crippen LogP) is 2.38. The first-order chi connectivity index (χ1) is 11.2. The first-order valence-electron chi connectivity index (χ1n) is 8.35. The Kier molecular flexibility index (Phi) is 2.58. The zero-order valence-corrected chi connectivity index (χ0v) is 13.1. The van der Waals surface area contributed by atoms with E-state index in [-0.39, 0.29) is 10.8 Å². The molecule has 4 aliphatic heterocycles. The first-order valence-corrected chi connectivity index (χ1v) is 8.35. The summed E-state index contributed by atoms with van der Waals surface area (Å²) in [5.74, 6) is 0.325. The monoisotopic (exact) mass is 304 g/mol. The Bertz CT molecular complexity index is 760. The Hall–Kier alpha value is -2.13. The van der Waals surface area contributed by atoms with E-state index in [1.807, 2.05) is 6.07 Å². The van der Waals surface area contributed by atoms with Crippen LogP contribution in [0.25, 0.3) is 0 Å². The third-order valence-electron chi connectivity index (χ3n) is 5.93. The van der Waals surface area contributed by atoms with Gasteiger partial charge in [-0.1, -0.05) is 60.7 Å². The summed E-state index contributed by atoms with van der Waals surface area (Å²) in [7, 11) is 0. The van der Waals surface area contributed by atoms with Crippen molar-refractivity contribution in [1.29, 1.82) is 0 Å². The number of carbonyl (C=O) groups is 1. The van der Waals surface area contributed by atoms with Crippen LogP contribution in [0.15, 0.2) is 60.7 Å². The summed E-state index contributed by atoms with van der Waals surface area (Å²) in [4.78, 5) is 17.7. The zero-order valence-electron chi connectivity index (χ0n) is 13.1. The van der Waals surface area contributed by atoms with E-state index in [9.17, 15) is 4.79 Å². The minimum atomic E-state index is -0.369. The van der Waals surface area contributed by atoms with E-state index in [2.05, 4.69) is 64.4 Å². The molecule has 116 valence electrons. The average Bonchev–Trinajstić information content (AvgIpc) is 2.60. The molecular weight excluding hydrogens is 284 g/mol. The standard InChI is InChI=1S/C20H20N2O/c23-18-20(17-9-5-2-6-10-17)11-19(16-7-3-1-4-8-16)12-21(14-20)15-22(18)13-19/h1-10H,11-15H2. The number of hydrogen-bond acceptors (Lipinski definition) is 2. The van der Waals surface area contributed by atoms with Crippen molar-refractivity contribution >= 4 is 5.91 Å². The lowest BCUT2D eigenvalue weighted by Crippen LogP contribution is -2.76. The second-order valence-corrected chi connectivity index (χ2v) is 7.40. The van der Waals surface area contributed by atoms with Crippen molar-refractivity contribution in [2.75, 3.05) is 26.3 Å². The molecule has 4 heterocycles. The van der Waals surface area contributed by atoms with Crippen LogP contribution in [0, 0.1) is 0 Å². The Balaban J connectivity index is 1.68. The van der Waals surface area contributed by atoms with Crippen LogP contribution in [-0.2, 0) is 15.6 Å². The average molecular weight is 304 g/mol. The minimum Gasteiger partial charge on any atom is -0.328 e. The SMILES string of the molecule is O=C1N2CN3CC(c4ccccc4)(C2)CC1(c1ccccc1)C3. The molecule has 0 spiro atoms. The first kappa shape index (κ1) is 13.3. The van der Waals surface area contributed by atoms with E-state index in [1.165, 1.54) is 11.1 Å². The largest absolute Gasteiger partial charge is 0.328 e. The third-order valence-corrected chi connectivity index (χ3v) is 5.93. The molecule has 0 aliphatic carbocycles. The maximum absolute atomic E-state index is 13.2. The van der Waals surface area contributed by atoms with Crippen molar-refractivity contribution < 1.29 is 4.79 Å². The van der Waals surface area contributed by atoms with Crippen molar-refractivity contribution in [1.82, 2.24) is 9.80 Å². The van der Waals surface area contributed by atoms with E-state index >= 15 is 0 Å². The number of nitrogens with zero attached hydrogens (tertiary/aromatic N) is 2. The van der Waals surface area contributed by atoms with E-state index in [1.54, 1.807) is 0 Å². The van der Waals surface area contributed by atoms with Crippen LogP contribution in [-0.4, -0.2) is 42.0 Å². The zero-order chi connectivity index (χ0) is 15.5. The normalized spacial score (nSPS) is 34.9. The fraction of sp³-hybridized carbons (Fsp3) is 0.350. The van der Waals surface area contributed by atoms with E-state index < -0.39 is 0 Å². The molecule has 6 rings (SSSR count). The molecule has 0 N–H and O–H groups in total. The van der Waals surface area contributed by atoms with Crippen LogP contribution in [0.1, 0.15) is 17.5 Å². The molecule has 2 aromatic rings. The van der Waals surface area contributed by atoms with Gasteiger partial charge in [-0.2, -0.15) is 0 Å².